The number of halogens is 2. The van der Waals surface area contributed by atoms with Crippen LogP contribution in [0.2, 0.25) is 5.02 Å². The normalized spacial score (nSPS) is 12.5. The molecule has 1 rings (SSSR count). The van der Waals surface area contributed by atoms with Crippen LogP contribution >= 0.6 is 27.5 Å². The zero-order valence-corrected chi connectivity index (χ0v) is 10.8. The van der Waals surface area contributed by atoms with E-state index >= 15 is 0 Å². The van der Waals surface area contributed by atoms with Crippen LogP contribution in [0.3, 0.4) is 0 Å². The van der Waals surface area contributed by atoms with E-state index in [0.29, 0.717) is 21.5 Å². The number of aromatic hydroxyl groups is 1. The minimum Gasteiger partial charge on any atom is -0.506 e. The summed E-state index contributed by atoms with van der Waals surface area (Å²) in [6.45, 7) is 5.68. The molecule has 0 aliphatic carbocycles. The second-order valence-corrected chi connectivity index (χ2v) is 4.82. The van der Waals surface area contributed by atoms with Crippen LogP contribution in [0.4, 0.5) is 0 Å². The smallest absolute Gasteiger partial charge is 0.136 e. The van der Waals surface area contributed by atoms with E-state index in [-0.39, 0.29) is 11.8 Å². The predicted octanol–water partition coefficient (Wildman–Crippen LogP) is 3.77. The average molecular weight is 291 g/mol. The van der Waals surface area contributed by atoms with Crippen molar-refractivity contribution in [3.05, 3.63) is 39.3 Å². The Morgan fingerprint density at radius 3 is 2.80 bits per heavy atom. The molecule has 0 aliphatic rings. The number of phenolic OH excluding ortho intramolecular Hbond substituents is 1. The van der Waals surface area contributed by atoms with Gasteiger partial charge in [0.1, 0.15) is 5.75 Å². The van der Waals surface area contributed by atoms with Crippen molar-refractivity contribution in [3.63, 3.8) is 0 Å². The SMILES string of the molecule is C=C(C)C[C@H](N)c1c(Cl)ccc(Br)c1O. The number of benzene rings is 1. The minimum atomic E-state index is -0.326. The summed E-state index contributed by atoms with van der Waals surface area (Å²) in [4.78, 5) is 0. The molecule has 0 unspecified atom stereocenters. The van der Waals surface area contributed by atoms with Gasteiger partial charge in [-0.15, -0.1) is 6.58 Å². The first kappa shape index (κ1) is 12.6. The molecule has 0 saturated heterocycles. The van der Waals surface area contributed by atoms with Gasteiger partial charge in [-0.05, 0) is 41.4 Å². The third-order valence-corrected chi connectivity index (χ3v) is 3.02. The van der Waals surface area contributed by atoms with Gasteiger partial charge >= 0.3 is 0 Å². The highest BCUT2D eigenvalue weighted by Crippen LogP contribution is 2.37. The molecule has 4 heteroatoms. The largest absolute Gasteiger partial charge is 0.506 e. The molecular weight excluding hydrogens is 277 g/mol. The third-order valence-electron chi connectivity index (χ3n) is 2.05. The third kappa shape index (κ3) is 2.97. The highest BCUT2D eigenvalue weighted by atomic mass is 79.9. The molecule has 0 fully saturated rings. The van der Waals surface area contributed by atoms with E-state index in [4.69, 9.17) is 17.3 Å². The molecule has 0 aromatic heterocycles. The molecule has 1 aromatic rings. The van der Waals surface area contributed by atoms with E-state index < -0.39 is 0 Å². The van der Waals surface area contributed by atoms with Gasteiger partial charge in [0.25, 0.3) is 0 Å². The molecule has 0 spiro atoms. The second-order valence-electron chi connectivity index (χ2n) is 3.56. The van der Waals surface area contributed by atoms with Gasteiger partial charge in [-0.25, -0.2) is 0 Å². The molecule has 0 amide bonds. The van der Waals surface area contributed by atoms with Crippen molar-refractivity contribution in [2.45, 2.75) is 19.4 Å². The van der Waals surface area contributed by atoms with E-state index in [9.17, 15) is 5.11 Å². The van der Waals surface area contributed by atoms with Crippen molar-refractivity contribution >= 4 is 27.5 Å². The Morgan fingerprint density at radius 2 is 2.27 bits per heavy atom. The van der Waals surface area contributed by atoms with Crippen LogP contribution in [0.25, 0.3) is 0 Å². The molecule has 0 saturated carbocycles. The summed E-state index contributed by atoms with van der Waals surface area (Å²) >= 11 is 9.22. The molecule has 0 bridgehead atoms. The van der Waals surface area contributed by atoms with Crippen LogP contribution < -0.4 is 5.73 Å². The Balaban J connectivity index is 3.12. The van der Waals surface area contributed by atoms with Gasteiger partial charge in [0, 0.05) is 16.6 Å². The fourth-order valence-electron chi connectivity index (χ4n) is 1.39. The predicted molar refractivity (Wildman–Crippen MR) is 67.2 cm³/mol. The molecule has 1 aromatic carbocycles. The van der Waals surface area contributed by atoms with Gasteiger partial charge in [-0.3, -0.25) is 0 Å². The van der Waals surface area contributed by atoms with Crippen molar-refractivity contribution in [2.24, 2.45) is 5.73 Å². The van der Waals surface area contributed by atoms with Gasteiger partial charge in [-0.2, -0.15) is 0 Å². The molecule has 0 radical (unpaired) electrons. The highest BCUT2D eigenvalue weighted by Gasteiger charge is 2.17. The Morgan fingerprint density at radius 1 is 1.67 bits per heavy atom. The number of rotatable bonds is 3. The summed E-state index contributed by atoms with van der Waals surface area (Å²) in [7, 11) is 0. The number of nitrogens with two attached hydrogens (primary N) is 1. The Hall–Kier alpha value is -0.510. The molecule has 1 atom stereocenters. The zero-order valence-electron chi connectivity index (χ0n) is 8.43. The van der Waals surface area contributed by atoms with Crippen molar-refractivity contribution in [1.82, 2.24) is 0 Å². The lowest BCUT2D eigenvalue weighted by molar-refractivity contribution is 0.458. The van der Waals surface area contributed by atoms with Crippen molar-refractivity contribution in [2.75, 3.05) is 0 Å². The van der Waals surface area contributed by atoms with E-state index in [0.717, 1.165) is 5.57 Å². The average Bonchev–Trinajstić information content (AvgIpc) is 2.11. The quantitative estimate of drug-likeness (QED) is 0.832. The highest BCUT2D eigenvalue weighted by molar-refractivity contribution is 9.10. The maximum atomic E-state index is 9.82. The van der Waals surface area contributed by atoms with Crippen molar-refractivity contribution in [1.29, 1.82) is 0 Å². The van der Waals surface area contributed by atoms with Crippen molar-refractivity contribution < 1.29 is 5.11 Å². The van der Waals surface area contributed by atoms with Crippen molar-refractivity contribution in [3.8, 4) is 5.75 Å². The first-order valence-electron chi connectivity index (χ1n) is 4.50. The number of phenols is 1. The van der Waals surface area contributed by atoms with Gasteiger partial charge in [0.05, 0.1) is 4.47 Å². The Kier molecular flexibility index (Phi) is 4.20. The maximum Gasteiger partial charge on any atom is 0.136 e. The maximum absolute atomic E-state index is 9.82. The van der Waals surface area contributed by atoms with Crippen LogP contribution in [0.5, 0.6) is 5.75 Å². The Bertz CT molecular complexity index is 392. The lowest BCUT2D eigenvalue weighted by Gasteiger charge is -2.16. The number of hydrogen-bond acceptors (Lipinski definition) is 2. The van der Waals surface area contributed by atoms with E-state index in [1.807, 2.05) is 6.92 Å². The van der Waals surface area contributed by atoms with E-state index in [1.165, 1.54) is 0 Å². The lowest BCUT2D eigenvalue weighted by atomic mass is 10.0. The first-order valence-corrected chi connectivity index (χ1v) is 5.67. The summed E-state index contributed by atoms with van der Waals surface area (Å²) in [5.74, 6) is 0.108. The van der Waals surface area contributed by atoms with Crippen LogP contribution in [0, 0.1) is 0 Å². The molecule has 0 aliphatic heterocycles. The van der Waals surface area contributed by atoms with Gasteiger partial charge in [0.2, 0.25) is 0 Å². The fraction of sp³-hybridized carbons (Fsp3) is 0.273. The summed E-state index contributed by atoms with van der Waals surface area (Å²) in [5.41, 5.74) is 7.46. The molecule has 2 nitrogen and oxygen atoms in total. The van der Waals surface area contributed by atoms with Gasteiger partial charge < -0.3 is 10.8 Å². The van der Waals surface area contributed by atoms with E-state index in [2.05, 4.69) is 22.5 Å². The van der Waals surface area contributed by atoms with Gasteiger partial charge in [0.15, 0.2) is 0 Å². The van der Waals surface area contributed by atoms with Crippen LogP contribution in [0.1, 0.15) is 24.9 Å². The summed E-state index contributed by atoms with van der Waals surface area (Å²) in [6.07, 6.45) is 0.601. The lowest BCUT2D eigenvalue weighted by Crippen LogP contribution is -2.11. The summed E-state index contributed by atoms with van der Waals surface area (Å²) in [6, 6.07) is 3.07. The second kappa shape index (κ2) is 5.01. The molecular formula is C11H13BrClNO. The monoisotopic (exact) mass is 289 g/mol. The molecule has 0 heterocycles. The zero-order chi connectivity index (χ0) is 11.6. The standard InChI is InChI=1S/C11H13BrClNO/c1-6(2)5-9(14)10-8(13)4-3-7(12)11(10)15/h3-4,9,15H,1,5,14H2,2H3/t9-/m0/s1. The van der Waals surface area contributed by atoms with E-state index in [1.54, 1.807) is 12.1 Å². The molecule has 82 valence electrons. The van der Waals surface area contributed by atoms with Crippen LogP contribution in [-0.4, -0.2) is 5.11 Å². The topological polar surface area (TPSA) is 46.2 Å². The molecule has 3 N–H and O–H groups in total. The van der Waals surface area contributed by atoms with Crippen LogP contribution in [0.15, 0.2) is 28.8 Å². The van der Waals surface area contributed by atoms with Gasteiger partial charge in [-0.1, -0.05) is 17.2 Å². The summed E-state index contributed by atoms with van der Waals surface area (Å²) < 4.78 is 0.596. The molecule has 15 heavy (non-hydrogen) atoms. The summed E-state index contributed by atoms with van der Waals surface area (Å²) in [5, 5.41) is 10.3. The Labute approximate surface area is 103 Å². The van der Waals surface area contributed by atoms with Crippen LogP contribution in [-0.2, 0) is 0 Å². The fourth-order valence-corrected chi connectivity index (χ4v) is 2.03. The number of hydrogen-bond donors (Lipinski definition) is 2. The first-order chi connectivity index (χ1) is 6.93. The minimum absolute atomic E-state index is 0.108.